The van der Waals surface area contributed by atoms with Crippen molar-refractivity contribution in [2.24, 2.45) is 11.5 Å². The molecule has 0 spiro atoms. The van der Waals surface area contributed by atoms with Crippen LogP contribution in [0.3, 0.4) is 0 Å². The second-order valence-corrected chi connectivity index (χ2v) is 2.50. The average molecular weight is 190 g/mol. The lowest BCUT2D eigenvalue weighted by Gasteiger charge is -2.13. The van der Waals surface area contributed by atoms with Crippen LogP contribution in [0.2, 0.25) is 0 Å². The van der Waals surface area contributed by atoms with Gasteiger partial charge in [-0.1, -0.05) is 0 Å². The topological polar surface area (TPSA) is 105 Å². The molecule has 0 radical (unpaired) electrons. The predicted molar refractivity (Wildman–Crippen MR) is 44.6 cm³/mol. The predicted octanol–water partition coefficient (Wildman–Crippen LogP) is -1.62. The van der Waals surface area contributed by atoms with Gasteiger partial charge in [0.15, 0.2) is 0 Å². The highest BCUT2D eigenvalue weighted by atomic mass is 16.5. The maximum atomic E-state index is 10.8. The Balaban J connectivity index is 3.98. The van der Waals surface area contributed by atoms with Crippen LogP contribution >= 0.6 is 0 Å². The molecule has 0 aliphatic heterocycles. The van der Waals surface area contributed by atoms with Gasteiger partial charge in [-0.3, -0.25) is 9.59 Å². The van der Waals surface area contributed by atoms with Crippen molar-refractivity contribution in [3.05, 3.63) is 0 Å². The number of rotatable bonds is 4. The number of carbonyl (C=O) groups excluding carboxylic acids is 2. The Morgan fingerprint density at radius 1 is 1.08 bits per heavy atom. The summed E-state index contributed by atoms with van der Waals surface area (Å²) >= 11 is 0. The quantitative estimate of drug-likeness (QED) is 0.516. The Hall–Kier alpha value is -1.14. The number of carbonyl (C=O) groups is 2. The largest absolute Gasteiger partial charge is 0.468 e. The molecule has 13 heavy (non-hydrogen) atoms. The molecule has 0 amide bonds. The van der Waals surface area contributed by atoms with E-state index in [9.17, 15) is 9.59 Å². The molecule has 2 atom stereocenters. The van der Waals surface area contributed by atoms with Crippen molar-refractivity contribution in [1.29, 1.82) is 0 Å². The van der Waals surface area contributed by atoms with Crippen molar-refractivity contribution in [3.63, 3.8) is 0 Å². The van der Waals surface area contributed by atoms with Crippen LogP contribution in [-0.2, 0) is 19.1 Å². The van der Waals surface area contributed by atoms with Gasteiger partial charge < -0.3 is 20.9 Å². The number of methoxy groups -OCH3 is 2. The molecule has 0 aromatic carbocycles. The minimum absolute atomic E-state index is 0.0132. The molecule has 4 N–H and O–H groups in total. The first-order chi connectivity index (χ1) is 6.02. The molecule has 0 aliphatic rings. The van der Waals surface area contributed by atoms with Gasteiger partial charge in [0, 0.05) is 0 Å². The van der Waals surface area contributed by atoms with E-state index in [1.807, 2.05) is 0 Å². The average Bonchev–Trinajstić information content (AvgIpc) is 2.14. The van der Waals surface area contributed by atoms with Crippen molar-refractivity contribution in [1.82, 2.24) is 0 Å². The molecule has 0 saturated carbocycles. The lowest BCUT2D eigenvalue weighted by molar-refractivity contribution is -0.144. The Labute approximate surface area is 76.2 Å². The minimum atomic E-state index is -0.890. The summed E-state index contributed by atoms with van der Waals surface area (Å²) < 4.78 is 8.71. The van der Waals surface area contributed by atoms with Gasteiger partial charge in [-0.05, 0) is 6.42 Å². The second-order valence-electron chi connectivity index (χ2n) is 2.50. The Kier molecular flexibility index (Phi) is 5.01. The van der Waals surface area contributed by atoms with Crippen LogP contribution in [0, 0.1) is 0 Å². The lowest BCUT2D eigenvalue weighted by Crippen LogP contribution is -2.42. The van der Waals surface area contributed by atoms with E-state index in [2.05, 4.69) is 9.47 Å². The molecule has 0 aromatic rings. The molecular weight excluding hydrogens is 176 g/mol. The second kappa shape index (κ2) is 5.50. The molecule has 0 saturated heterocycles. The molecule has 0 aromatic heterocycles. The van der Waals surface area contributed by atoms with Crippen molar-refractivity contribution in [2.45, 2.75) is 18.5 Å². The summed E-state index contributed by atoms with van der Waals surface area (Å²) in [7, 11) is 2.43. The standard InChI is InChI=1S/C7H14N2O4/c1-12-6(10)4(8)3-5(9)7(11)13-2/h4-5H,3,8-9H2,1-2H3/t4-,5-/m0/s1. The smallest absolute Gasteiger partial charge is 0.322 e. The number of ether oxygens (including phenoxy) is 2. The van der Waals surface area contributed by atoms with E-state index in [0.717, 1.165) is 0 Å². The molecule has 76 valence electrons. The molecule has 0 fully saturated rings. The van der Waals surface area contributed by atoms with Crippen LogP contribution in [-0.4, -0.2) is 38.2 Å². The zero-order chi connectivity index (χ0) is 10.4. The molecule has 0 bridgehead atoms. The van der Waals surface area contributed by atoms with E-state index in [0.29, 0.717) is 0 Å². The van der Waals surface area contributed by atoms with Gasteiger partial charge in [-0.15, -0.1) is 0 Å². The molecule has 0 unspecified atom stereocenters. The first kappa shape index (κ1) is 11.9. The first-order valence-corrected chi connectivity index (χ1v) is 3.69. The minimum Gasteiger partial charge on any atom is -0.468 e. The van der Waals surface area contributed by atoms with Crippen LogP contribution in [0.5, 0.6) is 0 Å². The zero-order valence-corrected chi connectivity index (χ0v) is 7.65. The summed E-state index contributed by atoms with van der Waals surface area (Å²) in [6, 6.07) is -1.78. The highest BCUT2D eigenvalue weighted by Crippen LogP contribution is 1.97. The number of esters is 2. The summed E-state index contributed by atoms with van der Waals surface area (Å²) in [5.41, 5.74) is 10.7. The van der Waals surface area contributed by atoms with Crippen molar-refractivity contribution in [3.8, 4) is 0 Å². The summed E-state index contributed by atoms with van der Waals surface area (Å²) in [5, 5.41) is 0. The molecule has 0 heterocycles. The third kappa shape index (κ3) is 3.86. The number of nitrogens with two attached hydrogens (primary N) is 2. The Morgan fingerprint density at radius 3 is 1.62 bits per heavy atom. The first-order valence-electron chi connectivity index (χ1n) is 3.69. The highest BCUT2D eigenvalue weighted by molar-refractivity contribution is 5.79. The van der Waals surface area contributed by atoms with Crippen LogP contribution in [0.4, 0.5) is 0 Å². The Bertz CT molecular complexity index is 175. The van der Waals surface area contributed by atoms with Crippen LogP contribution in [0.25, 0.3) is 0 Å². The summed E-state index contributed by atoms with van der Waals surface area (Å²) in [6.45, 7) is 0. The van der Waals surface area contributed by atoms with E-state index < -0.39 is 24.0 Å². The molecular formula is C7H14N2O4. The normalized spacial score (nSPS) is 14.5. The van der Waals surface area contributed by atoms with Gasteiger partial charge in [0.1, 0.15) is 12.1 Å². The van der Waals surface area contributed by atoms with Crippen molar-refractivity contribution >= 4 is 11.9 Å². The van der Waals surface area contributed by atoms with E-state index in [4.69, 9.17) is 11.5 Å². The fourth-order valence-electron chi connectivity index (χ4n) is 0.769. The third-order valence-electron chi connectivity index (χ3n) is 1.52. The number of hydrogen-bond donors (Lipinski definition) is 2. The summed E-state index contributed by atoms with van der Waals surface area (Å²) in [5.74, 6) is -1.20. The van der Waals surface area contributed by atoms with Gasteiger partial charge in [0.05, 0.1) is 14.2 Å². The molecule has 0 rings (SSSR count). The van der Waals surface area contributed by atoms with Crippen molar-refractivity contribution < 1.29 is 19.1 Å². The Morgan fingerprint density at radius 2 is 1.38 bits per heavy atom. The number of hydrogen-bond acceptors (Lipinski definition) is 6. The zero-order valence-electron chi connectivity index (χ0n) is 7.65. The highest BCUT2D eigenvalue weighted by Gasteiger charge is 2.22. The lowest BCUT2D eigenvalue weighted by atomic mass is 10.1. The van der Waals surface area contributed by atoms with Crippen LogP contribution in [0.15, 0.2) is 0 Å². The van der Waals surface area contributed by atoms with Crippen LogP contribution < -0.4 is 11.5 Å². The fraction of sp³-hybridized carbons (Fsp3) is 0.714. The van der Waals surface area contributed by atoms with Gasteiger partial charge in [-0.25, -0.2) is 0 Å². The molecule has 6 nitrogen and oxygen atoms in total. The maximum Gasteiger partial charge on any atom is 0.322 e. The monoisotopic (exact) mass is 190 g/mol. The maximum absolute atomic E-state index is 10.8. The van der Waals surface area contributed by atoms with Crippen molar-refractivity contribution in [2.75, 3.05) is 14.2 Å². The van der Waals surface area contributed by atoms with E-state index in [1.54, 1.807) is 0 Å². The van der Waals surface area contributed by atoms with Crippen LogP contribution in [0.1, 0.15) is 6.42 Å². The van der Waals surface area contributed by atoms with E-state index >= 15 is 0 Å². The molecule has 0 aliphatic carbocycles. The van der Waals surface area contributed by atoms with Gasteiger partial charge in [0.2, 0.25) is 0 Å². The fourth-order valence-corrected chi connectivity index (χ4v) is 0.769. The van der Waals surface area contributed by atoms with Gasteiger partial charge >= 0.3 is 11.9 Å². The van der Waals surface area contributed by atoms with Gasteiger partial charge in [-0.2, -0.15) is 0 Å². The SMILES string of the molecule is COC(=O)[C@@H](N)C[C@H](N)C(=O)OC. The summed E-state index contributed by atoms with van der Waals surface area (Å²) in [4.78, 5) is 21.6. The van der Waals surface area contributed by atoms with E-state index in [1.165, 1.54) is 14.2 Å². The van der Waals surface area contributed by atoms with E-state index in [-0.39, 0.29) is 6.42 Å². The third-order valence-corrected chi connectivity index (χ3v) is 1.52. The summed E-state index contributed by atoms with van der Waals surface area (Å²) in [6.07, 6.45) is 0.0132. The van der Waals surface area contributed by atoms with Gasteiger partial charge in [0.25, 0.3) is 0 Å². The molecule has 6 heteroatoms.